The van der Waals surface area contributed by atoms with Crippen LogP contribution in [0, 0.1) is 0 Å². The molecule has 0 radical (unpaired) electrons. The van der Waals surface area contributed by atoms with Crippen LogP contribution in [-0.2, 0) is 19.2 Å². The van der Waals surface area contributed by atoms with Crippen LogP contribution in [0.2, 0.25) is 0 Å². The van der Waals surface area contributed by atoms with Crippen molar-refractivity contribution >= 4 is 23.6 Å². The number of amides is 4. The van der Waals surface area contributed by atoms with Gasteiger partial charge >= 0.3 is 0 Å². The third-order valence-corrected chi connectivity index (χ3v) is 3.03. The molecular formula is C12H23N5O6. The minimum Gasteiger partial charge on any atom is -0.394 e. The molecule has 4 amide bonds. The molecule has 0 saturated heterocycles. The van der Waals surface area contributed by atoms with Crippen molar-refractivity contribution < 1.29 is 29.4 Å². The summed E-state index contributed by atoms with van der Waals surface area (Å²) >= 11 is 0. The summed E-state index contributed by atoms with van der Waals surface area (Å²) in [6, 6.07) is -3.24. The van der Waals surface area contributed by atoms with Gasteiger partial charge < -0.3 is 37.6 Å². The minimum atomic E-state index is -1.22. The van der Waals surface area contributed by atoms with Crippen LogP contribution in [0.25, 0.3) is 0 Å². The van der Waals surface area contributed by atoms with Crippen LogP contribution in [0.1, 0.15) is 12.8 Å². The highest BCUT2D eigenvalue weighted by Gasteiger charge is 2.24. The lowest BCUT2D eigenvalue weighted by molar-refractivity contribution is -0.130. The molecular weight excluding hydrogens is 310 g/mol. The molecule has 132 valence electrons. The van der Waals surface area contributed by atoms with Gasteiger partial charge in [0.25, 0.3) is 0 Å². The second-order valence-electron chi connectivity index (χ2n) is 4.73. The van der Waals surface area contributed by atoms with Crippen molar-refractivity contribution in [1.82, 2.24) is 16.0 Å². The van der Waals surface area contributed by atoms with Crippen molar-refractivity contribution in [2.24, 2.45) is 11.5 Å². The standard InChI is InChI=1S/C12H23N5O6/c1-15-6(12(23)17-8(5-19)11(14)22)2-3-9(20)16-7(4-18)10(13)21/h6-8,15,18-19H,2-5H2,1H3,(H2,13,21)(H2,14,22)(H,16,20)(H,17,23)/t6-,7?,8?/m0/s1. The summed E-state index contributed by atoms with van der Waals surface area (Å²) in [4.78, 5) is 45.4. The molecule has 9 N–H and O–H groups in total. The molecule has 0 aliphatic carbocycles. The van der Waals surface area contributed by atoms with Gasteiger partial charge in [0.1, 0.15) is 12.1 Å². The Balaban J connectivity index is 4.48. The van der Waals surface area contributed by atoms with Crippen LogP contribution < -0.4 is 27.4 Å². The van der Waals surface area contributed by atoms with E-state index in [0.717, 1.165) is 0 Å². The van der Waals surface area contributed by atoms with Gasteiger partial charge in [0.15, 0.2) is 0 Å². The third kappa shape index (κ3) is 7.54. The van der Waals surface area contributed by atoms with E-state index in [1.807, 2.05) is 0 Å². The van der Waals surface area contributed by atoms with Crippen molar-refractivity contribution in [2.45, 2.75) is 31.0 Å². The molecule has 0 aromatic rings. The zero-order valence-electron chi connectivity index (χ0n) is 12.7. The third-order valence-electron chi connectivity index (χ3n) is 3.03. The Morgan fingerprint density at radius 2 is 1.39 bits per heavy atom. The molecule has 0 fully saturated rings. The molecule has 0 aliphatic rings. The second kappa shape index (κ2) is 10.5. The molecule has 0 heterocycles. The van der Waals surface area contributed by atoms with Crippen LogP contribution in [0.15, 0.2) is 0 Å². The van der Waals surface area contributed by atoms with Crippen LogP contribution in [0.5, 0.6) is 0 Å². The van der Waals surface area contributed by atoms with Crippen LogP contribution in [0.3, 0.4) is 0 Å². The fourth-order valence-electron chi connectivity index (χ4n) is 1.63. The number of primary amides is 2. The number of nitrogens with two attached hydrogens (primary N) is 2. The number of likely N-dealkylation sites (N-methyl/N-ethyl adjacent to an activating group) is 1. The molecule has 0 aromatic carbocycles. The monoisotopic (exact) mass is 333 g/mol. The van der Waals surface area contributed by atoms with Gasteiger partial charge in [-0.05, 0) is 13.5 Å². The molecule has 23 heavy (non-hydrogen) atoms. The van der Waals surface area contributed by atoms with Gasteiger partial charge in [-0.1, -0.05) is 0 Å². The Hall–Kier alpha value is -2.24. The number of rotatable bonds is 11. The number of aliphatic hydroxyl groups excluding tert-OH is 2. The lowest BCUT2D eigenvalue weighted by atomic mass is 10.1. The van der Waals surface area contributed by atoms with E-state index in [4.69, 9.17) is 21.7 Å². The summed E-state index contributed by atoms with van der Waals surface area (Å²) in [5.74, 6) is -2.96. The molecule has 0 saturated carbocycles. The summed E-state index contributed by atoms with van der Waals surface area (Å²) in [6.45, 7) is -1.28. The highest BCUT2D eigenvalue weighted by atomic mass is 16.3. The summed E-state index contributed by atoms with van der Waals surface area (Å²) in [5.41, 5.74) is 9.96. The zero-order valence-corrected chi connectivity index (χ0v) is 12.7. The highest BCUT2D eigenvalue weighted by molar-refractivity contribution is 5.90. The van der Waals surface area contributed by atoms with E-state index in [0.29, 0.717) is 0 Å². The van der Waals surface area contributed by atoms with Gasteiger partial charge in [-0.2, -0.15) is 0 Å². The van der Waals surface area contributed by atoms with Crippen LogP contribution in [0.4, 0.5) is 0 Å². The molecule has 11 heteroatoms. The van der Waals surface area contributed by atoms with Crippen LogP contribution in [-0.4, -0.2) is 72.2 Å². The lowest BCUT2D eigenvalue weighted by Gasteiger charge is -2.19. The van der Waals surface area contributed by atoms with Crippen LogP contribution >= 0.6 is 0 Å². The highest BCUT2D eigenvalue weighted by Crippen LogP contribution is 1.99. The summed E-state index contributed by atoms with van der Waals surface area (Å²) in [6.07, 6.45) is -0.0922. The van der Waals surface area contributed by atoms with Gasteiger partial charge in [-0.3, -0.25) is 19.2 Å². The van der Waals surface area contributed by atoms with Crippen molar-refractivity contribution in [3.8, 4) is 0 Å². The molecule has 0 bridgehead atoms. The predicted molar refractivity (Wildman–Crippen MR) is 78.5 cm³/mol. The average molecular weight is 333 g/mol. The van der Waals surface area contributed by atoms with Crippen molar-refractivity contribution in [3.05, 3.63) is 0 Å². The van der Waals surface area contributed by atoms with E-state index >= 15 is 0 Å². The maximum atomic E-state index is 11.9. The van der Waals surface area contributed by atoms with Gasteiger partial charge in [0.2, 0.25) is 23.6 Å². The van der Waals surface area contributed by atoms with Gasteiger partial charge in [0, 0.05) is 6.42 Å². The minimum absolute atomic E-state index is 0.0436. The molecule has 0 aromatic heterocycles. The van der Waals surface area contributed by atoms with E-state index in [1.165, 1.54) is 7.05 Å². The first-order valence-electron chi connectivity index (χ1n) is 6.84. The number of aliphatic hydroxyl groups is 2. The van der Waals surface area contributed by atoms with Gasteiger partial charge in [-0.15, -0.1) is 0 Å². The number of carbonyl (C=O) groups is 4. The van der Waals surface area contributed by atoms with E-state index in [9.17, 15) is 19.2 Å². The molecule has 3 atom stereocenters. The molecule has 11 nitrogen and oxygen atoms in total. The maximum absolute atomic E-state index is 11.9. The normalized spacial score (nSPS) is 14.4. The number of nitrogens with one attached hydrogen (secondary N) is 3. The molecule has 0 spiro atoms. The molecule has 0 rings (SSSR count). The fourth-order valence-corrected chi connectivity index (χ4v) is 1.63. The zero-order chi connectivity index (χ0) is 18.0. The summed E-state index contributed by atoms with van der Waals surface area (Å²) in [7, 11) is 1.47. The predicted octanol–water partition coefficient (Wildman–Crippen LogP) is -4.72. The average Bonchev–Trinajstić information content (AvgIpc) is 2.49. The Morgan fingerprint density at radius 1 is 0.913 bits per heavy atom. The lowest BCUT2D eigenvalue weighted by Crippen LogP contribution is -2.53. The Kier molecular flexibility index (Phi) is 9.46. The SMILES string of the molecule is CN[C@@H](CCC(=O)NC(CO)C(N)=O)C(=O)NC(CO)C(N)=O. The Labute approximate surface area is 132 Å². The van der Waals surface area contributed by atoms with E-state index < -0.39 is 55.0 Å². The topological polar surface area (TPSA) is 197 Å². The summed E-state index contributed by atoms with van der Waals surface area (Å²) < 4.78 is 0. The first-order valence-corrected chi connectivity index (χ1v) is 6.84. The van der Waals surface area contributed by atoms with Crippen molar-refractivity contribution in [1.29, 1.82) is 0 Å². The second-order valence-corrected chi connectivity index (χ2v) is 4.73. The smallest absolute Gasteiger partial charge is 0.242 e. The van der Waals surface area contributed by atoms with Crippen molar-refractivity contribution in [3.63, 3.8) is 0 Å². The Morgan fingerprint density at radius 3 is 1.78 bits per heavy atom. The van der Waals surface area contributed by atoms with Gasteiger partial charge in [0.05, 0.1) is 19.3 Å². The number of hydrogen-bond donors (Lipinski definition) is 7. The first-order chi connectivity index (χ1) is 10.8. The van der Waals surface area contributed by atoms with Gasteiger partial charge in [-0.25, -0.2) is 0 Å². The van der Waals surface area contributed by atoms with E-state index in [1.54, 1.807) is 0 Å². The largest absolute Gasteiger partial charge is 0.394 e. The number of hydrogen-bond acceptors (Lipinski definition) is 7. The fraction of sp³-hybridized carbons (Fsp3) is 0.667. The number of carbonyl (C=O) groups excluding carboxylic acids is 4. The first kappa shape index (κ1) is 20.8. The Bertz CT molecular complexity index is 444. The summed E-state index contributed by atoms with van der Waals surface area (Å²) in [5, 5.41) is 24.9. The maximum Gasteiger partial charge on any atom is 0.242 e. The molecule has 2 unspecified atom stereocenters. The van der Waals surface area contributed by atoms with Crippen molar-refractivity contribution in [2.75, 3.05) is 20.3 Å². The van der Waals surface area contributed by atoms with E-state index in [-0.39, 0.29) is 12.8 Å². The quantitative estimate of drug-likeness (QED) is 0.197. The molecule has 0 aliphatic heterocycles. The van der Waals surface area contributed by atoms with E-state index in [2.05, 4.69) is 16.0 Å².